The predicted octanol–water partition coefficient (Wildman–Crippen LogP) is 4.27. The smallest absolute Gasteiger partial charge is 0.263 e. The summed E-state index contributed by atoms with van der Waals surface area (Å²) in [6.45, 7) is -0.434. The van der Waals surface area contributed by atoms with Crippen LogP contribution in [0, 0.1) is 17.5 Å². The van der Waals surface area contributed by atoms with E-state index >= 15 is 0 Å². The van der Waals surface area contributed by atoms with Crippen molar-refractivity contribution in [3.8, 4) is 0 Å². The number of halogens is 4. The van der Waals surface area contributed by atoms with Gasteiger partial charge in [-0.1, -0.05) is 17.7 Å². The average Bonchev–Trinajstić information content (AvgIpc) is 3.17. The van der Waals surface area contributed by atoms with Crippen molar-refractivity contribution in [2.45, 2.75) is 6.54 Å². The molecule has 10 heteroatoms. The third kappa shape index (κ3) is 3.40. The fourth-order valence-corrected chi connectivity index (χ4v) is 3.10. The number of pyridine rings is 1. The maximum Gasteiger partial charge on any atom is 0.263 e. The Kier molecular flexibility index (Phi) is 4.89. The van der Waals surface area contributed by atoms with E-state index in [1.54, 1.807) is 0 Å². The van der Waals surface area contributed by atoms with Crippen LogP contribution in [0.15, 0.2) is 49.1 Å². The van der Waals surface area contributed by atoms with Crippen LogP contribution in [0.5, 0.6) is 0 Å². The van der Waals surface area contributed by atoms with Crippen LogP contribution < -0.4 is 4.90 Å². The molecule has 4 rings (SSSR count). The van der Waals surface area contributed by atoms with Crippen LogP contribution in [0.4, 0.5) is 19.1 Å². The molecule has 3 heterocycles. The number of carbonyl (C=O) groups is 1. The van der Waals surface area contributed by atoms with Crippen molar-refractivity contribution >= 4 is 34.5 Å². The van der Waals surface area contributed by atoms with Gasteiger partial charge in [0.15, 0.2) is 17.5 Å². The molecule has 0 atom stereocenters. The topological polar surface area (TPSA) is 74.8 Å². The van der Waals surface area contributed by atoms with Gasteiger partial charge in [-0.25, -0.2) is 28.1 Å². The summed E-state index contributed by atoms with van der Waals surface area (Å²) in [5.41, 5.74) is 0.288. The van der Waals surface area contributed by atoms with E-state index in [1.807, 2.05) is 0 Å². The van der Waals surface area contributed by atoms with Gasteiger partial charge in [-0.05, 0) is 18.2 Å². The second-order valence-electron chi connectivity index (χ2n) is 5.99. The standard InChI is InChI=1S/C19H11ClF3N5O/c20-12-4-7-24-17-14(12)11(8-27-17)18(29)28(19-25-5-1-6-26-19)9-10-2-3-13(21)16(23)15(10)22/h1-8H,9H2,(H,24,27). The molecule has 0 aliphatic carbocycles. The Balaban J connectivity index is 1.81. The molecule has 0 aliphatic heterocycles. The Morgan fingerprint density at radius 3 is 2.55 bits per heavy atom. The molecule has 0 saturated heterocycles. The van der Waals surface area contributed by atoms with E-state index in [0.717, 1.165) is 17.0 Å². The summed E-state index contributed by atoms with van der Waals surface area (Å²) in [6, 6.07) is 4.90. The van der Waals surface area contributed by atoms with Gasteiger partial charge in [0.25, 0.3) is 5.91 Å². The fourth-order valence-electron chi connectivity index (χ4n) is 2.85. The second kappa shape index (κ2) is 7.51. The van der Waals surface area contributed by atoms with Gasteiger partial charge in [0.05, 0.1) is 22.5 Å². The fraction of sp³-hybridized carbons (Fsp3) is 0.0526. The van der Waals surface area contributed by atoms with Crippen LogP contribution in [0.1, 0.15) is 15.9 Å². The SMILES string of the molecule is O=C(c1c[nH]c2nccc(Cl)c12)N(Cc1ccc(F)c(F)c1F)c1ncccn1. The molecular formula is C19H11ClF3N5O. The highest BCUT2D eigenvalue weighted by Crippen LogP contribution is 2.28. The molecule has 4 aromatic rings. The molecule has 0 spiro atoms. The summed E-state index contributed by atoms with van der Waals surface area (Å²) in [7, 11) is 0. The lowest BCUT2D eigenvalue weighted by Gasteiger charge is -2.21. The van der Waals surface area contributed by atoms with Gasteiger partial charge in [-0.15, -0.1) is 0 Å². The van der Waals surface area contributed by atoms with E-state index in [9.17, 15) is 18.0 Å². The number of hydrogen-bond donors (Lipinski definition) is 1. The Hall–Kier alpha value is -3.46. The number of carbonyl (C=O) groups excluding carboxylic acids is 1. The van der Waals surface area contributed by atoms with Gasteiger partial charge in [0.1, 0.15) is 5.65 Å². The Morgan fingerprint density at radius 2 is 1.79 bits per heavy atom. The van der Waals surface area contributed by atoms with E-state index in [0.29, 0.717) is 11.0 Å². The molecule has 0 unspecified atom stereocenters. The van der Waals surface area contributed by atoms with Crippen molar-refractivity contribution in [3.63, 3.8) is 0 Å². The number of fused-ring (bicyclic) bond motifs is 1. The number of amides is 1. The van der Waals surface area contributed by atoms with E-state index in [1.165, 1.54) is 36.9 Å². The number of aromatic amines is 1. The molecule has 0 bridgehead atoms. The first-order valence-electron chi connectivity index (χ1n) is 8.30. The van der Waals surface area contributed by atoms with E-state index < -0.39 is 29.9 Å². The monoisotopic (exact) mass is 417 g/mol. The van der Waals surface area contributed by atoms with Gasteiger partial charge in [-0.3, -0.25) is 9.69 Å². The molecule has 1 aromatic carbocycles. The molecule has 146 valence electrons. The third-order valence-electron chi connectivity index (χ3n) is 4.24. The minimum atomic E-state index is -1.62. The summed E-state index contributed by atoms with van der Waals surface area (Å²) in [4.78, 5) is 29.3. The minimum absolute atomic E-state index is 0.0454. The van der Waals surface area contributed by atoms with Crippen LogP contribution >= 0.6 is 11.6 Å². The van der Waals surface area contributed by atoms with Crippen molar-refractivity contribution < 1.29 is 18.0 Å². The first-order chi connectivity index (χ1) is 14.0. The third-order valence-corrected chi connectivity index (χ3v) is 4.55. The summed E-state index contributed by atoms with van der Waals surface area (Å²) >= 11 is 6.21. The normalized spacial score (nSPS) is 11.0. The van der Waals surface area contributed by atoms with Gasteiger partial charge >= 0.3 is 0 Å². The van der Waals surface area contributed by atoms with Crippen molar-refractivity contribution in [2.75, 3.05) is 4.90 Å². The highest BCUT2D eigenvalue weighted by molar-refractivity contribution is 6.36. The van der Waals surface area contributed by atoms with Gasteiger partial charge < -0.3 is 4.98 Å². The molecule has 29 heavy (non-hydrogen) atoms. The molecule has 1 N–H and O–H groups in total. The molecule has 0 fully saturated rings. The van der Waals surface area contributed by atoms with E-state index in [-0.39, 0.29) is 22.1 Å². The first-order valence-corrected chi connectivity index (χ1v) is 8.68. The van der Waals surface area contributed by atoms with Crippen LogP contribution in [0.3, 0.4) is 0 Å². The number of nitrogens with one attached hydrogen (secondary N) is 1. The maximum atomic E-state index is 14.2. The highest BCUT2D eigenvalue weighted by atomic mass is 35.5. The molecule has 3 aromatic heterocycles. The summed E-state index contributed by atoms with van der Waals surface area (Å²) in [5.74, 6) is -5.01. The van der Waals surface area contributed by atoms with Crippen LogP contribution in [0.25, 0.3) is 11.0 Å². The lowest BCUT2D eigenvalue weighted by molar-refractivity contribution is 0.0984. The molecule has 1 amide bonds. The van der Waals surface area contributed by atoms with Crippen LogP contribution in [0.2, 0.25) is 5.02 Å². The minimum Gasteiger partial charge on any atom is -0.345 e. The second-order valence-corrected chi connectivity index (χ2v) is 6.40. The number of rotatable bonds is 4. The number of nitrogens with zero attached hydrogens (tertiary/aromatic N) is 4. The quantitative estimate of drug-likeness (QED) is 0.503. The van der Waals surface area contributed by atoms with Gasteiger partial charge in [0.2, 0.25) is 5.95 Å². The highest BCUT2D eigenvalue weighted by Gasteiger charge is 2.26. The van der Waals surface area contributed by atoms with Crippen molar-refractivity contribution in [1.29, 1.82) is 0 Å². The van der Waals surface area contributed by atoms with Crippen LogP contribution in [-0.4, -0.2) is 25.8 Å². The summed E-state index contributed by atoms with van der Waals surface area (Å²) in [5, 5.41) is 0.651. The Labute approximate surface area is 167 Å². The number of anilines is 1. The molecular weight excluding hydrogens is 407 g/mol. The number of benzene rings is 1. The molecule has 6 nitrogen and oxygen atoms in total. The number of H-pyrrole nitrogens is 1. The molecule has 0 aliphatic rings. The first kappa shape index (κ1) is 18.9. The molecule has 0 saturated carbocycles. The predicted molar refractivity (Wildman–Crippen MR) is 100.0 cm³/mol. The average molecular weight is 418 g/mol. The zero-order valence-corrected chi connectivity index (χ0v) is 15.3. The van der Waals surface area contributed by atoms with Crippen LogP contribution in [-0.2, 0) is 6.54 Å². The Bertz CT molecular complexity index is 1220. The van der Waals surface area contributed by atoms with Crippen molar-refractivity contribution in [3.05, 3.63) is 82.7 Å². The largest absolute Gasteiger partial charge is 0.345 e. The van der Waals surface area contributed by atoms with E-state index in [2.05, 4.69) is 19.9 Å². The zero-order chi connectivity index (χ0) is 20.5. The zero-order valence-electron chi connectivity index (χ0n) is 14.5. The molecule has 0 radical (unpaired) electrons. The van der Waals surface area contributed by atoms with Gasteiger partial charge in [0, 0.05) is 30.4 Å². The lowest BCUT2D eigenvalue weighted by atomic mass is 10.1. The van der Waals surface area contributed by atoms with E-state index in [4.69, 9.17) is 11.6 Å². The summed E-state index contributed by atoms with van der Waals surface area (Å²) in [6.07, 6.45) is 5.68. The summed E-state index contributed by atoms with van der Waals surface area (Å²) < 4.78 is 41.2. The number of hydrogen-bond acceptors (Lipinski definition) is 4. The maximum absolute atomic E-state index is 14.2. The van der Waals surface area contributed by atoms with Crippen molar-refractivity contribution in [2.24, 2.45) is 0 Å². The lowest BCUT2D eigenvalue weighted by Crippen LogP contribution is -2.32. The van der Waals surface area contributed by atoms with Gasteiger partial charge in [-0.2, -0.15) is 0 Å². The number of aromatic nitrogens is 4. The Morgan fingerprint density at radius 1 is 1.03 bits per heavy atom. The van der Waals surface area contributed by atoms with Crippen molar-refractivity contribution in [1.82, 2.24) is 19.9 Å².